The molecule has 0 aromatic heterocycles. The molecule has 0 saturated carbocycles. The smallest absolute Gasteiger partial charge is 0.236 e. The van der Waals surface area contributed by atoms with Gasteiger partial charge in [-0.25, -0.2) is 5.43 Å². The third-order valence-electron chi connectivity index (χ3n) is 2.01. The van der Waals surface area contributed by atoms with Crippen LogP contribution in [0.15, 0.2) is 23.3 Å². The Morgan fingerprint density at radius 1 is 1.47 bits per heavy atom. The van der Waals surface area contributed by atoms with Gasteiger partial charge in [0.15, 0.2) is 11.5 Å². The van der Waals surface area contributed by atoms with Crippen LogP contribution in [-0.2, 0) is 4.79 Å². The molecule has 1 amide bonds. The Morgan fingerprint density at radius 2 is 2.26 bits per heavy atom. The third kappa shape index (κ3) is 5.13. The second kappa shape index (κ2) is 7.77. The van der Waals surface area contributed by atoms with Crippen molar-refractivity contribution in [2.75, 3.05) is 13.2 Å². The summed E-state index contributed by atoms with van der Waals surface area (Å²) in [4.78, 5) is 10.7. The van der Waals surface area contributed by atoms with Crippen molar-refractivity contribution in [3.05, 3.63) is 23.8 Å². The molecule has 0 bridgehead atoms. The second-order valence-corrected chi connectivity index (χ2v) is 3.56. The van der Waals surface area contributed by atoms with Gasteiger partial charge in [0, 0.05) is 6.92 Å². The zero-order valence-corrected chi connectivity index (χ0v) is 11.0. The van der Waals surface area contributed by atoms with Crippen molar-refractivity contribution in [3.8, 4) is 23.8 Å². The van der Waals surface area contributed by atoms with E-state index >= 15 is 0 Å². The number of hydrogen-bond acceptors (Lipinski definition) is 4. The van der Waals surface area contributed by atoms with Crippen molar-refractivity contribution >= 4 is 12.1 Å². The Bertz CT molecular complexity index is 504. The van der Waals surface area contributed by atoms with Crippen molar-refractivity contribution in [1.29, 1.82) is 0 Å². The normalized spacial score (nSPS) is 9.95. The van der Waals surface area contributed by atoms with E-state index in [-0.39, 0.29) is 12.5 Å². The quantitative estimate of drug-likeness (QED) is 0.480. The van der Waals surface area contributed by atoms with Crippen molar-refractivity contribution < 1.29 is 14.3 Å². The summed E-state index contributed by atoms with van der Waals surface area (Å²) in [6, 6.07) is 5.30. The molecular weight excluding hydrogens is 244 g/mol. The number of benzene rings is 1. The van der Waals surface area contributed by atoms with E-state index in [2.05, 4.69) is 16.4 Å². The molecule has 0 aliphatic rings. The van der Waals surface area contributed by atoms with Crippen molar-refractivity contribution in [1.82, 2.24) is 5.43 Å². The van der Waals surface area contributed by atoms with Gasteiger partial charge in [0.25, 0.3) is 0 Å². The van der Waals surface area contributed by atoms with Gasteiger partial charge in [0.05, 0.1) is 12.8 Å². The first-order valence-corrected chi connectivity index (χ1v) is 5.80. The first-order valence-electron chi connectivity index (χ1n) is 5.80. The van der Waals surface area contributed by atoms with Crippen LogP contribution in [0.25, 0.3) is 0 Å². The van der Waals surface area contributed by atoms with E-state index in [0.29, 0.717) is 18.1 Å². The van der Waals surface area contributed by atoms with Crippen LogP contribution < -0.4 is 14.9 Å². The van der Waals surface area contributed by atoms with Crippen LogP contribution in [0.1, 0.15) is 19.4 Å². The first kappa shape index (κ1) is 14.6. The Kier molecular flexibility index (Phi) is 5.96. The highest BCUT2D eigenvalue weighted by molar-refractivity contribution is 5.82. The van der Waals surface area contributed by atoms with Crippen LogP contribution >= 0.6 is 0 Å². The lowest BCUT2D eigenvalue weighted by molar-refractivity contribution is -0.118. The highest BCUT2D eigenvalue weighted by Gasteiger charge is 2.05. The number of nitrogens with zero attached hydrogens (tertiary/aromatic N) is 1. The molecule has 0 fully saturated rings. The largest absolute Gasteiger partial charge is 0.490 e. The SMILES string of the molecule is C#CCOc1ccc(/C=N/NC(C)=O)cc1OCC. The van der Waals surface area contributed by atoms with Gasteiger partial charge in [-0.05, 0) is 30.7 Å². The molecular formula is C14H16N2O3. The van der Waals surface area contributed by atoms with E-state index in [1.165, 1.54) is 13.1 Å². The number of ether oxygens (including phenoxy) is 2. The van der Waals surface area contributed by atoms with Crippen molar-refractivity contribution in [2.24, 2.45) is 5.10 Å². The predicted molar refractivity (Wildman–Crippen MR) is 73.3 cm³/mol. The van der Waals surface area contributed by atoms with E-state index in [1.54, 1.807) is 18.2 Å². The minimum Gasteiger partial charge on any atom is -0.490 e. The summed E-state index contributed by atoms with van der Waals surface area (Å²) >= 11 is 0. The van der Waals surface area contributed by atoms with Gasteiger partial charge >= 0.3 is 0 Å². The number of amides is 1. The number of carbonyl (C=O) groups excluding carboxylic acids is 1. The molecule has 5 heteroatoms. The molecule has 0 aliphatic carbocycles. The van der Waals surface area contributed by atoms with Crippen LogP contribution in [0.5, 0.6) is 11.5 Å². The maximum absolute atomic E-state index is 10.7. The molecule has 5 nitrogen and oxygen atoms in total. The van der Waals surface area contributed by atoms with Crippen LogP contribution in [0.3, 0.4) is 0 Å². The Balaban J connectivity index is 2.85. The van der Waals surface area contributed by atoms with Gasteiger partial charge in [-0.1, -0.05) is 5.92 Å². The van der Waals surface area contributed by atoms with Gasteiger partial charge in [-0.2, -0.15) is 5.10 Å². The summed E-state index contributed by atoms with van der Waals surface area (Å²) in [7, 11) is 0. The van der Waals surface area contributed by atoms with Crippen LogP contribution in [0.4, 0.5) is 0 Å². The minimum atomic E-state index is -0.227. The fraction of sp³-hybridized carbons (Fsp3) is 0.286. The Hall–Kier alpha value is -2.48. The number of hydrogen-bond donors (Lipinski definition) is 1. The highest BCUT2D eigenvalue weighted by Crippen LogP contribution is 2.27. The summed E-state index contributed by atoms with van der Waals surface area (Å²) in [6.45, 7) is 3.96. The predicted octanol–water partition coefficient (Wildman–Crippen LogP) is 1.57. The molecule has 0 radical (unpaired) electrons. The van der Waals surface area contributed by atoms with E-state index < -0.39 is 0 Å². The Labute approximate surface area is 112 Å². The number of carbonyl (C=O) groups is 1. The van der Waals surface area contributed by atoms with E-state index in [4.69, 9.17) is 15.9 Å². The van der Waals surface area contributed by atoms with Gasteiger partial charge in [0.2, 0.25) is 5.91 Å². The zero-order valence-electron chi connectivity index (χ0n) is 11.0. The maximum Gasteiger partial charge on any atom is 0.236 e. The molecule has 1 N–H and O–H groups in total. The zero-order chi connectivity index (χ0) is 14.1. The van der Waals surface area contributed by atoms with Gasteiger partial charge in [-0.3, -0.25) is 4.79 Å². The number of rotatable bonds is 6. The third-order valence-corrected chi connectivity index (χ3v) is 2.01. The molecule has 0 unspecified atom stereocenters. The van der Waals surface area contributed by atoms with E-state index in [9.17, 15) is 4.79 Å². The molecule has 19 heavy (non-hydrogen) atoms. The summed E-state index contributed by atoms with van der Waals surface area (Å²) in [6.07, 6.45) is 6.67. The lowest BCUT2D eigenvalue weighted by atomic mass is 10.2. The molecule has 1 rings (SSSR count). The molecule has 0 saturated heterocycles. The fourth-order valence-electron chi connectivity index (χ4n) is 1.31. The van der Waals surface area contributed by atoms with Crippen LogP contribution in [0.2, 0.25) is 0 Å². The summed E-state index contributed by atoms with van der Waals surface area (Å²) < 4.78 is 10.8. The lowest BCUT2D eigenvalue weighted by Crippen LogP contribution is -2.12. The standard InChI is InChI=1S/C14H16N2O3/c1-4-8-19-13-7-6-12(9-14(13)18-5-2)10-15-16-11(3)17/h1,6-7,9-10H,5,8H2,2-3H3,(H,16,17)/b15-10+. The number of nitrogens with one attached hydrogen (secondary N) is 1. The van der Waals surface area contributed by atoms with Crippen LogP contribution in [0, 0.1) is 12.3 Å². The van der Waals surface area contributed by atoms with Crippen LogP contribution in [-0.4, -0.2) is 25.3 Å². The molecule has 1 aromatic carbocycles. The summed E-state index contributed by atoms with van der Waals surface area (Å²) in [5.41, 5.74) is 3.11. The number of hydrazone groups is 1. The molecule has 1 aromatic rings. The van der Waals surface area contributed by atoms with E-state index in [1.807, 2.05) is 6.92 Å². The molecule has 0 heterocycles. The minimum absolute atomic E-state index is 0.180. The van der Waals surface area contributed by atoms with Gasteiger partial charge in [-0.15, -0.1) is 6.42 Å². The van der Waals surface area contributed by atoms with Crippen molar-refractivity contribution in [2.45, 2.75) is 13.8 Å². The average Bonchev–Trinajstić information content (AvgIpc) is 2.38. The van der Waals surface area contributed by atoms with Crippen molar-refractivity contribution in [3.63, 3.8) is 0 Å². The number of terminal acetylenes is 1. The summed E-state index contributed by atoms with van der Waals surface area (Å²) in [5, 5.41) is 3.78. The molecule has 0 atom stereocenters. The first-order chi connectivity index (χ1) is 9.17. The summed E-state index contributed by atoms with van der Waals surface area (Å²) in [5.74, 6) is 3.34. The molecule has 0 spiro atoms. The van der Waals surface area contributed by atoms with E-state index in [0.717, 1.165) is 5.56 Å². The Morgan fingerprint density at radius 3 is 2.89 bits per heavy atom. The van der Waals surface area contributed by atoms with Gasteiger partial charge in [0.1, 0.15) is 6.61 Å². The maximum atomic E-state index is 10.7. The van der Waals surface area contributed by atoms with Gasteiger partial charge < -0.3 is 9.47 Å². The highest BCUT2D eigenvalue weighted by atomic mass is 16.5. The molecule has 100 valence electrons. The average molecular weight is 260 g/mol. The topological polar surface area (TPSA) is 59.9 Å². The fourth-order valence-corrected chi connectivity index (χ4v) is 1.31. The monoisotopic (exact) mass is 260 g/mol. The lowest BCUT2D eigenvalue weighted by Gasteiger charge is -2.10. The molecule has 0 aliphatic heterocycles. The second-order valence-electron chi connectivity index (χ2n) is 3.56.